The first-order valence-corrected chi connectivity index (χ1v) is 6.10. The van der Waals surface area contributed by atoms with Crippen LogP contribution >= 0.6 is 0 Å². The Morgan fingerprint density at radius 1 is 1.56 bits per heavy atom. The number of rotatable bonds is 2. The Bertz CT molecular complexity index is 612. The molecule has 18 heavy (non-hydrogen) atoms. The minimum Gasteiger partial charge on any atom is -0.478 e. The van der Waals surface area contributed by atoms with Crippen LogP contribution in [-0.4, -0.2) is 27.2 Å². The number of carboxylic acid groups (broad SMARTS) is 1. The molecule has 5 heteroatoms. The summed E-state index contributed by atoms with van der Waals surface area (Å²) in [5.41, 5.74) is 2.03. The number of nitrogens with one attached hydrogen (secondary N) is 1. The summed E-state index contributed by atoms with van der Waals surface area (Å²) >= 11 is 0. The maximum absolute atomic E-state index is 11.0. The van der Waals surface area contributed by atoms with E-state index >= 15 is 0 Å². The van der Waals surface area contributed by atoms with Gasteiger partial charge in [0.05, 0.1) is 22.6 Å². The number of aryl methyl sites for hydroxylation is 1. The molecule has 1 unspecified atom stereocenters. The smallest absolute Gasteiger partial charge is 0.335 e. The average molecular weight is 245 g/mol. The highest BCUT2D eigenvalue weighted by Gasteiger charge is 2.22. The van der Waals surface area contributed by atoms with E-state index in [1.807, 2.05) is 11.6 Å². The van der Waals surface area contributed by atoms with Crippen LogP contribution in [0.2, 0.25) is 0 Å². The second-order valence-electron chi connectivity index (χ2n) is 4.69. The number of carbonyl (C=O) groups is 1. The molecule has 1 saturated heterocycles. The van der Waals surface area contributed by atoms with Gasteiger partial charge in [-0.15, -0.1) is 0 Å². The van der Waals surface area contributed by atoms with Crippen LogP contribution in [-0.2, 0) is 7.05 Å². The van der Waals surface area contributed by atoms with Crippen LogP contribution in [0.15, 0.2) is 18.2 Å². The summed E-state index contributed by atoms with van der Waals surface area (Å²) in [6.45, 7) is 1.02. The second-order valence-corrected chi connectivity index (χ2v) is 4.69. The van der Waals surface area contributed by atoms with Gasteiger partial charge >= 0.3 is 5.97 Å². The van der Waals surface area contributed by atoms with Crippen molar-refractivity contribution in [2.24, 2.45) is 7.05 Å². The zero-order chi connectivity index (χ0) is 12.7. The fourth-order valence-electron chi connectivity index (χ4n) is 2.56. The van der Waals surface area contributed by atoms with E-state index in [9.17, 15) is 4.79 Å². The van der Waals surface area contributed by atoms with Crippen molar-refractivity contribution in [2.75, 3.05) is 6.54 Å². The number of imidazole rings is 1. The Kier molecular flexibility index (Phi) is 2.56. The number of nitrogens with zero attached hydrogens (tertiary/aromatic N) is 2. The van der Waals surface area contributed by atoms with Gasteiger partial charge in [-0.1, -0.05) is 0 Å². The van der Waals surface area contributed by atoms with E-state index in [-0.39, 0.29) is 6.04 Å². The van der Waals surface area contributed by atoms with Crippen molar-refractivity contribution in [1.29, 1.82) is 0 Å². The van der Waals surface area contributed by atoms with Crippen LogP contribution in [0, 0.1) is 0 Å². The van der Waals surface area contributed by atoms with Gasteiger partial charge in [-0.3, -0.25) is 0 Å². The largest absolute Gasteiger partial charge is 0.478 e. The van der Waals surface area contributed by atoms with E-state index in [0.29, 0.717) is 5.56 Å². The van der Waals surface area contributed by atoms with Gasteiger partial charge < -0.3 is 15.0 Å². The van der Waals surface area contributed by atoms with Crippen LogP contribution in [0.1, 0.15) is 35.1 Å². The lowest BCUT2D eigenvalue weighted by atomic mass is 10.2. The van der Waals surface area contributed by atoms with Crippen molar-refractivity contribution in [3.63, 3.8) is 0 Å². The minimum absolute atomic E-state index is 0.288. The number of hydrogen-bond donors (Lipinski definition) is 2. The monoisotopic (exact) mass is 245 g/mol. The molecule has 0 saturated carbocycles. The third kappa shape index (κ3) is 1.67. The average Bonchev–Trinajstić information content (AvgIpc) is 2.97. The van der Waals surface area contributed by atoms with E-state index in [2.05, 4.69) is 10.3 Å². The molecule has 0 spiro atoms. The van der Waals surface area contributed by atoms with Crippen molar-refractivity contribution in [3.05, 3.63) is 29.6 Å². The van der Waals surface area contributed by atoms with Crippen LogP contribution < -0.4 is 5.32 Å². The Hall–Kier alpha value is -1.88. The molecule has 0 bridgehead atoms. The first-order valence-electron chi connectivity index (χ1n) is 6.10. The molecule has 1 fully saturated rings. The molecular weight excluding hydrogens is 230 g/mol. The fourth-order valence-corrected chi connectivity index (χ4v) is 2.56. The summed E-state index contributed by atoms with van der Waals surface area (Å²) in [4.78, 5) is 15.6. The predicted molar refractivity (Wildman–Crippen MR) is 67.7 cm³/mol. The second kappa shape index (κ2) is 4.10. The van der Waals surface area contributed by atoms with Crippen molar-refractivity contribution < 1.29 is 9.90 Å². The van der Waals surface area contributed by atoms with Gasteiger partial charge in [0.2, 0.25) is 0 Å². The first kappa shape index (κ1) is 11.2. The van der Waals surface area contributed by atoms with E-state index in [0.717, 1.165) is 36.2 Å². The molecule has 2 heterocycles. The summed E-state index contributed by atoms with van der Waals surface area (Å²) in [7, 11) is 1.94. The number of aromatic carboxylic acids is 1. The third-order valence-corrected chi connectivity index (χ3v) is 3.53. The summed E-state index contributed by atoms with van der Waals surface area (Å²) in [5, 5.41) is 12.4. The molecule has 3 rings (SSSR count). The molecule has 0 radical (unpaired) electrons. The maximum atomic E-state index is 11.0. The lowest BCUT2D eigenvalue weighted by molar-refractivity contribution is 0.0697. The van der Waals surface area contributed by atoms with E-state index in [1.54, 1.807) is 18.2 Å². The van der Waals surface area contributed by atoms with Crippen molar-refractivity contribution in [1.82, 2.24) is 14.9 Å². The molecule has 1 aromatic heterocycles. The van der Waals surface area contributed by atoms with Gasteiger partial charge in [-0.05, 0) is 37.6 Å². The highest BCUT2D eigenvalue weighted by atomic mass is 16.4. The number of carboxylic acids is 1. The minimum atomic E-state index is -0.904. The van der Waals surface area contributed by atoms with Crippen LogP contribution in [0.5, 0.6) is 0 Å². The molecule has 2 N–H and O–H groups in total. The number of benzene rings is 1. The van der Waals surface area contributed by atoms with Crippen molar-refractivity contribution >= 4 is 17.0 Å². The topological polar surface area (TPSA) is 67.2 Å². The first-order chi connectivity index (χ1) is 8.66. The molecule has 0 amide bonds. The summed E-state index contributed by atoms with van der Waals surface area (Å²) in [5.74, 6) is 0.0867. The number of aromatic nitrogens is 2. The molecule has 5 nitrogen and oxygen atoms in total. The van der Waals surface area contributed by atoms with Crippen LogP contribution in [0.4, 0.5) is 0 Å². The molecule has 1 aliphatic rings. The normalized spacial score (nSPS) is 19.5. The Labute approximate surface area is 104 Å². The number of fused-ring (bicyclic) bond motifs is 1. The lowest BCUT2D eigenvalue weighted by Gasteiger charge is -2.09. The van der Waals surface area contributed by atoms with Crippen molar-refractivity contribution in [3.8, 4) is 0 Å². The fraction of sp³-hybridized carbons (Fsp3) is 0.385. The van der Waals surface area contributed by atoms with E-state index in [1.165, 1.54) is 0 Å². The van der Waals surface area contributed by atoms with E-state index in [4.69, 9.17) is 5.11 Å². The van der Waals surface area contributed by atoms with E-state index < -0.39 is 5.97 Å². The molecule has 1 aliphatic heterocycles. The Balaban J connectivity index is 2.12. The third-order valence-electron chi connectivity index (χ3n) is 3.53. The molecular formula is C13H15N3O2. The zero-order valence-corrected chi connectivity index (χ0v) is 10.2. The molecule has 94 valence electrons. The highest BCUT2D eigenvalue weighted by Crippen LogP contribution is 2.26. The van der Waals surface area contributed by atoms with Gasteiger partial charge in [0.1, 0.15) is 5.82 Å². The van der Waals surface area contributed by atoms with Gasteiger partial charge in [0, 0.05) is 7.05 Å². The number of hydrogen-bond acceptors (Lipinski definition) is 3. The predicted octanol–water partition coefficient (Wildman–Crippen LogP) is 1.70. The Morgan fingerprint density at radius 3 is 3.06 bits per heavy atom. The standard InChI is InChI=1S/C13H15N3O2/c1-16-11-7-8(13(17)18)4-5-9(11)15-12(16)10-3-2-6-14-10/h4-5,7,10,14H,2-3,6H2,1H3,(H,17,18). The summed E-state index contributed by atoms with van der Waals surface area (Å²) < 4.78 is 1.99. The van der Waals surface area contributed by atoms with Gasteiger partial charge in [-0.2, -0.15) is 0 Å². The SMILES string of the molecule is Cn1c(C2CCCN2)nc2ccc(C(=O)O)cc21. The Morgan fingerprint density at radius 2 is 2.39 bits per heavy atom. The summed E-state index contributed by atoms with van der Waals surface area (Å²) in [6, 6.07) is 5.35. The van der Waals surface area contributed by atoms with Gasteiger partial charge in [0.25, 0.3) is 0 Å². The van der Waals surface area contributed by atoms with Gasteiger partial charge in [0.15, 0.2) is 0 Å². The molecule has 0 aliphatic carbocycles. The maximum Gasteiger partial charge on any atom is 0.335 e. The van der Waals surface area contributed by atoms with Gasteiger partial charge in [-0.25, -0.2) is 9.78 Å². The molecule has 2 aromatic rings. The molecule has 1 aromatic carbocycles. The van der Waals surface area contributed by atoms with Crippen LogP contribution in [0.3, 0.4) is 0 Å². The highest BCUT2D eigenvalue weighted by molar-refractivity contribution is 5.92. The summed E-state index contributed by atoms with van der Waals surface area (Å²) in [6.07, 6.45) is 2.25. The lowest BCUT2D eigenvalue weighted by Crippen LogP contribution is -2.16. The molecule has 1 atom stereocenters. The van der Waals surface area contributed by atoms with Crippen molar-refractivity contribution in [2.45, 2.75) is 18.9 Å². The zero-order valence-electron chi connectivity index (χ0n) is 10.2. The van der Waals surface area contributed by atoms with Crippen LogP contribution in [0.25, 0.3) is 11.0 Å². The quantitative estimate of drug-likeness (QED) is 0.845.